The molecule has 1 aromatic carbocycles. The summed E-state index contributed by atoms with van der Waals surface area (Å²) in [6.07, 6.45) is 2.99. The Morgan fingerprint density at radius 3 is 2.68 bits per heavy atom. The van der Waals surface area contributed by atoms with Crippen LogP contribution in [0.2, 0.25) is 0 Å². The van der Waals surface area contributed by atoms with Crippen molar-refractivity contribution in [2.75, 3.05) is 6.54 Å². The molecule has 1 atom stereocenters. The first-order chi connectivity index (χ1) is 9.22. The SMILES string of the molecule is CCCNC(c1cccc(C)c1)c1ncccc1C. The highest BCUT2D eigenvalue weighted by molar-refractivity contribution is 5.34. The van der Waals surface area contributed by atoms with E-state index in [0.29, 0.717) is 0 Å². The molecule has 0 saturated heterocycles. The molecule has 0 aliphatic heterocycles. The highest BCUT2D eigenvalue weighted by Crippen LogP contribution is 2.23. The van der Waals surface area contributed by atoms with Crippen LogP contribution in [0, 0.1) is 13.8 Å². The molecule has 0 radical (unpaired) electrons. The topological polar surface area (TPSA) is 24.9 Å². The average molecular weight is 254 g/mol. The number of hydrogen-bond donors (Lipinski definition) is 1. The summed E-state index contributed by atoms with van der Waals surface area (Å²) in [5.74, 6) is 0. The van der Waals surface area contributed by atoms with Gasteiger partial charge in [0.05, 0.1) is 11.7 Å². The van der Waals surface area contributed by atoms with Crippen LogP contribution in [-0.4, -0.2) is 11.5 Å². The van der Waals surface area contributed by atoms with E-state index in [2.05, 4.69) is 61.4 Å². The molecule has 0 saturated carbocycles. The van der Waals surface area contributed by atoms with E-state index in [1.165, 1.54) is 16.7 Å². The van der Waals surface area contributed by atoms with Crippen molar-refractivity contribution in [1.29, 1.82) is 0 Å². The molecule has 2 heteroatoms. The maximum atomic E-state index is 4.58. The van der Waals surface area contributed by atoms with Gasteiger partial charge in [-0.25, -0.2) is 0 Å². The predicted octanol–water partition coefficient (Wildman–Crippen LogP) is 3.79. The maximum Gasteiger partial charge on any atom is 0.0754 e. The third-order valence-corrected chi connectivity index (χ3v) is 3.30. The van der Waals surface area contributed by atoms with E-state index in [-0.39, 0.29) is 6.04 Å². The van der Waals surface area contributed by atoms with Crippen molar-refractivity contribution in [3.05, 3.63) is 65.0 Å². The molecule has 0 aliphatic rings. The van der Waals surface area contributed by atoms with E-state index in [4.69, 9.17) is 0 Å². The zero-order chi connectivity index (χ0) is 13.7. The molecule has 1 heterocycles. The van der Waals surface area contributed by atoms with Gasteiger partial charge in [0, 0.05) is 6.20 Å². The van der Waals surface area contributed by atoms with E-state index in [0.717, 1.165) is 18.7 Å². The largest absolute Gasteiger partial charge is 0.305 e. The van der Waals surface area contributed by atoms with Crippen molar-refractivity contribution in [3.8, 4) is 0 Å². The Bertz CT molecular complexity index is 534. The van der Waals surface area contributed by atoms with Gasteiger partial charge in [0.1, 0.15) is 0 Å². The lowest BCUT2D eigenvalue weighted by atomic mass is 9.98. The minimum Gasteiger partial charge on any atom is -0.305 e. The molecule has 2 rings (SSSR count). The molecule has 19 heavy (non-hydrogen) atoms. The normalized spacial score (nSPS) is 12.4. The number of nitrogens with zero attached hydrogens (tertiary/aromatic N) is 1. The van der Waals surface area contributed by atoms with Gasteiger partial charge in [-0.2, -0.15) is 0 Å². The molecule has 0 fully saturated rings. The Morgan fingerprint density at radius 1 is 1.16 bits per heavy atom. The van der Waals surface area contributed by atoms with Crippen LogP contribution in [0.25, 0.3) is 0 Å². The van der Waals surface area contributed by atoms with Gasteiger partial charge >= 0.3 is 0 Å². The average Bonchev–Trinajstić information content (AvgIpc) is 2.41. The van der Waals surface area contributed by atoms with E-state index in [9.17, 15) is 0 Å². The van der Waals surface area contributed by atoms with Gasteiger partial charge in [-0.15, -0.1) is 0 Å². The Hall–Kier alpha value is -1.67. The minimum atomic E-state index is 0.182. The van der Waals surface area contributed by atoms with Crippen molar-refractivity contribution < 1.29 is 0 Å². The molecule has 0 aliphatic carbocycles. The summed E-state index contributed by atoms with van der Waals surface area (Å²) < 4.78 is 0. The first kappa shape index (κ1) is 13.8. The lowest BCUT2D eigenvalue weighted by Gasteiger charge is -2.20. The molecule has 1 N–H and O–H groups in total. The highest BCUT2D eigenvalue weighted by Gasteiger charge is 2.16. The van der Waals surface area contributed by atoms with Crippen molar-refractivity contribution in [2.24, 2.45) is 0 Å². The summed E-state index contributed by atoms with van der Waals surface area (Å²) in [5, 5.41) is 3.61. The molecule has 0 amide bonds. The number of benzene rings is 1. The lowest BCUT2D eigenvalue weighted by Crippen LogP contribution is -2.24. The van der Waals surface area contributed by atoms with E-state index in [1.807, 2.05) is 12.3 Å². The van der Waals surface area contributed by atoms with E-state index in [1.54, 1.807) is 0 Å². The molecular weight excluding hydrogens is 232 g/mol. The van der Waals surface area contributed by atoms with Crippen LogP contribution < -0.4 is 5.32 Å². The number of nitrogens with one attached hydrogen (secondary N) is 1. The zero-order valence-corrected chi connectivity index (χ0v) is 12.0. The van der Waals surface area contributed by atoms with E-state index >= 15 is 0 Å². The summed E-state index contributed by atoms with van der Waals surface area (Å²) in [6.45, 7) is 7.44. The molecule has 0 spiro atoms. The fourth-order valence-corrected chi connectivity index (χ4v) is 2.31. The van der Waals surface area contributed by atoms with Crippen LogP contribution in [0.3, 0.4) is 0 Å². The van der Waals surface area contributed by atoms with Gasteiger partial charge in [-0.05, 0) is 44.0 Å². The molecule has 2 aromatic rings. The summed E-state index contributed by atoms with van der Waals surface area (Å²) in [5.41, 5.74) is 4.93. The number of hydrogen-bond acceptors (Lipinski definition) is 2. The smallest absolute Gasteiger partial charge is 0.0754 e. The summed E-state index contributed by atoms with van der Waals surface area (Å²) in [4.78, 5) is 4.58. The van der Waals surface area contributed by atoms with Gasteiger partial charge < -0.3 is 5.32 Å². The van der Waals surface area contributed by atoms with Crippen molar-refractivity contribution >= 4 is 0 Å². The summed E-state index contributed by atoms with van der Waals surface area (Å²) in [6, 6.07) is 13.0. The Kier molecular flexibility index (Phi) is 4.69. The molecule has 0 bridgehead atoms. The number of rotatable bonds is 5. The maximum absolute atomic E-state index is 4.58. The molecule has 100 valence electrons. The van der Waals surface area contributed by atoms with Crippen LogP contribution in [0.5, 0.6) is 0 Å². The number of pyridine rings is 1. The van der Waals surface area contributed by atoms with Crippen LogP contribution >= 0.6 is 0 Å². The highest BCUT2D eigenvalue weighted by atomic mass is 14.9. The molecule has 1 aromatic heterocycles. The van der Waals surface area contributed by atoms with Gasteiger partial charge in [0.25, 0.3) is 0 Å². The Labute approximate surface area is 115 Å². The second-order valence-electron chi connectivity index (χ2n) is 5.01. The Balaban J connectivity index is 2.38. The van der Waals surface area contributed by atoms with Gasteiger partial charge in [0.2, 0.25) is 0 Å². The van der Waals surface area contributed by atoms with Crippen LogP contribution in [0.4, 0.5) is 0 Å². The number of aryl methyl sites for hydroxylation is 2. The standard InChI is InChI=1S/C17H22N2/c1-4-10-18-17(15-9-5-7-13(2)12-15)16-14(3)8-6-11-19-16/h5-9,11-12,17-18H,4,10H2,1-3H3. The third kappa shape index (κ3) is 3.42. The van der Waals surface area contributed by atoms with E-state index < -0.39 is 0 Å². The lowest BCUT2D eigenvalue weighted by molar-refractivity contribution is 0.583. The minimum absolute atomic E-state index is 0.182. The number of aromatic nitrogens is 1. The third-order valence-electron chi connectivity index (χ3n) is 3.30. The fraction of sp³-hybridized carbons (Fsp3) is 0.353. The van der Waals surface area contributed by atoms with Crippen LogP contribution in [-0.2, 0) is 0 Å². The molecule has 1 unspecified atom stereocenters. The first-order valence-electron chi connectivity index (χ1n) is 6.94. The van der Waals surface area contributed by atoms with Gasteiger partial charge in [0.15, 0.2) is 0 Å². The fourth-order valence-electron chi connectivity index (χ4n) is 2.31. The Morgan fingerprint density at radius 2 is 2.00 bits per heavy atom. The summed E-state index contributed by atoms with van der Waals surface area (Å²) in [7, 11) is 0. The second kappa shape index (κ2) is 6.48. The summed E-state index contributed by atoms with van der Waals surface area (Å²) >= 11 is 0. The van der Waals surface area contributed by atoms with Crippen molar-refractivity contribution in [3.63, 3.8) is 0 Å². The van der Waals surface area contributed by atoms with Crippen LogP contribution in [0.1, 0.15) is 41.8 Å². The second-order valence-corrected chi connectivity index (χ2v) is 5.01. The van der Waals surface area contributed by atoms with Gasteiger partial charge in [-0.3, -0.25) is 4.98 Å². The monoisotopic (exact) mass is 254 g/mol. The van der Waals surface area contributed by atoms with Gasteiger partial charge in [-0.1, -0.05) is 42.8 Å². The first-order valence-corrected chi connectivity index (χ1v) is 6.94. The van der Waals surface area contributed by atoms with Crippen molar-refractivity contribution in [1.82, 2.24) is 10.3 Å². The quantitative estimate of drug-likeness (QED) is 0.878. The predicted molar refractivity (Wildman–Crippen MR) is 80.3 cm³/mol. The zero-order valence-electron chi connectivity index (χ0n) is 12.0. The molecular formula is C17H22N2. The molecule has 2 nitrogen and oxygen atoms in total. The van der Waals surface area contributed by atoms with Crippen LogP contribution in [0.15, 0.2) is 42.6 Å². The van der Waals surface area contributed by atoms with Crippen molar-refractivity contribution in [2.45, 2.75) is 33.2 Å².